The zero-order chi connectivity index (χ0) is 27.4. The van der Waals surface area contributed by atoms with Crippen LogP contribution in [0.2, 0.25) is 0 Å². The summed E-state index contributed by atoms with van der Waals surface area (Å²) in [5, 5.41) is 0. The quantitative estimate of drug-likeness (QED) is 0.326. The van der Waals surface area contributed by atoms with E-state index in [-0.39, 0.29) is 11.6 Å². The molecule has 7 heteroatoms. The van der Waals surface area contributed by atoms with Gasteiger partial charge in [-0.3, -0.25) is 9.69 Å². The van der Waals surface area contributed by atoms with E-state index in [1.54, 1.807) is 24.1 Å². The normalized spacial score (nSPS) is 20.9. The molecule has 1 saturated heterocycles. The number of methoxy groups -OCH3 is 1. The van der Waals surface area contributed by atoms with Crippen molar-refractivity contribution in [1.82, 2.24) is 4.90 Å². The van der Waals surface area contributed by atoms with E-state index in [2.05, 4.69) is 35.2 Å². The molecule has 0 N–H and O–H groups in total. The Hall–Kier alpha value is -3.32. The van der Waals surface area contributed by atoms with Crippen LogP contribution in [0.5, 0.6) is 5.75 Å². The van der Waals surface area contributed by atoms with Gasteiger partial charge >= 0.3 is 6.18 Å². The third-order valence-corrected chi connectivity index (χ3v) is 8.28. The summed E-state index contributed by atoms with van der Waals surface area (Å²) in [7, 11) is 1.56. The molecule has 39 heavy (non-hydrogen) atoms. The van der Waals surface area contributed by atoms with Crippen LogP contribution < -0.4 is 9.64 Å². The molecule has 1 aliphatic heterocycles. The van der Waals surface area contributed by atoms with Crippen molar-refractivity contribution < 1.29 is 22.7 Å². The van der Waals surface area contributed by atoms with Crippen LogP contribution in [0, 0.1) is 0 Å². The maximum atomic E-state index is 13.8. The van der Waals surface area contributed by atoms with Crippen LogP contribution in [0.25, 0.3) is 0 Å². The van der Waals surface area contributed by atoms with Crippen molar-refractivity contribution in [2.24, 2.45) is 0 Å². The van der Waals surface area contributed by atoms with Gasteiger partial charge < -0.3 is 9.64 Å². The number of benzene rings is 3. The molecule has 1 aliphatic carbocycles. The molecule has 2 fully saturated rings. The first kappa shape index (κ1) is 27.3. The summed E-state index contributed by atoms with van der Waals surface area (Å²) in [6.07, 6.45) is 1.78. The lowest BCUT2D eigenvalue weighted by Gasteiger charge is -2.45. The van der Waals surface area contributed by atoms with E-state index in [1.165, 1.54) is 37.0 Å². The van der Waals surface area contributed by atoms with Gasteiger partial charge in [-0.2, -0.15) is 13.2 Å². The Morgan fingerprint density at radius 2 is 1.59 bits per heavy atom. The molecule has 4 nitrogen and oxygen atoms in total. The largest absolute Gasteiger partial charge is 0.497 e. The van der Waals surface area contributed by atoms with Gasteiger partial charge in [0, 0.05) is 42.5 Å². The summed E-state index contributed by atoms with van der Waals surface area (Å²) in [5.74, 6) is 0.671. The summed E-state index contributed by atoms with van der Waals surface area (Å²) in [5.41, 5.74) is 1.24. The number of piperidine rings is 1. The molecule has 3 aromatic carbocycles. The van der Waals surface area contributed by atoms with Crippen LogP contribution in [0.15, 0.2) is 78.9 Å². The standard InChI is InChI=1S/C32H35F3N2O2/c1-39-28-14-8-13-27(22-28)37(31(38)24-11-7-12-25(21-24)32(33,34)35)26-17-19-36(20-18-26)30-16-6-5-15-29(30)23-9-3-2-4-10-23/h2-4,7-14,21-22,26,29-30H,5-6,15-20H2,1H3. The van der Waals surface area contributed by atoms with Crippen LogP contribution in [-0.2, 0) is 6.18 Å². The predicted molar refractivity (Wildman–Crippen MR) is 147 cm³/mol. The van der Waals surface area contributed by atoms with E-state index in [4.69, 9.17) is 4.74 Å². The van der Waals surface area contributed by atoms with Crippen molar-refractivity contribution in [3.05, 3.63) is 95.6 Å². The van der Waals surface area contributed by atoms with E-state index in [1.807, 2.05) is 12.1 Å². The average Bonchev–Trinajstić information content (AvgIpc) is 2.98. The smallest absolute Gasteiger partial charge is 0.416 e. The summed E-state index contributed by atoms with van der Waals surface area (Å²) in [6, 6.07) is 23.0. The molecular weight excluding hydrogens is 501 g/mol. The average molecular weight is 537 g/mol. The van der Waals surface area contributed by atoms with Crippen molar-refractivity contribution >= 4 is 11.6 Å². The number of carbonyl (C=O) groups is 1. The molecule has 2 unspecified atom stereocenters. The molecule has 2 aliphatic rings. The highest BCUT2D eigenvalue weighted by Gasteiger charge is 2.37. The third-order valence-electron chi connectivity index (χ3n) is 8.28. The van der Waals surface area contributed by atoms with Crippen LogP contribution in [-0.4, -0.2) is 43.1 Å². The minimum absolute atomic E-state index is 0.0338. The highest BCUT2D eigenvalue weighted by Crippen LogP contribution is 2.38. The number of amides is 1. The van der Waals surface area contributed by atoms with Crippen molar-refractivity contribution in [1.29, 1.82) is 0 Å². The summed E-state index contributed by atoms with van der Waals surface area (Å²) in [4.78, 5) is 18.1. The minimum atomic E-state index is -4.52. The maximum Gasteiger partial charge on any atom is 0.416 e. The zero-order valence-corrected chi connectivity index (χ0v) is 22.2. The lowest BCUT2D eigenvalue weighted by molar-refractivity contribution is -0.137. The maximum absolute atomic E-state index is 13.8. The fourth-order valence-corrected chi connectivity index (χ4v) is 6.33. The molecule has 1 amide bonds. The number of anilines is 1. The highest BCUT2D eigenvalue weighted by molar-refractivity contribution is 6.06. The van der Waals surface area contributed by atoms with Gasteiger partial charge in [-0.05, 0) is 67.5 Å². The Labute approximate surface area is 228 Å². The number of halogens is 3. The minimum Gasteiger partial charge on any atom is -0.497 e. The summed E-state index contributed by atoms with van der Waals surface area (Å²) in [6.45, 7) is 1.68. The Morgan fingerprint density at radius 3 is 2.31 bits per heavy atom. The number of carbonyl (C=O) groups excluding carboxylic acids is 1. The molecule has 1 heterocycles. The van der Waals surface area contributed by atoms with Gasteiger partial charge in [0.25, 0.3) is 5.91 Å². The van der Waals surface area contributed by atoms with E-state index in [0.717, 1.165) is 44.5 Å². The number of hydrogen-bond acceptors (Lipinski definition) is 3. The van der Waals surface area contributed by atoms with Gasteiger partial charge in [-0.25, -0.2) is 0 Å². The Kier molecular flexibility index (Phi) is 8.26. The molecule has 0 radical (unpaired) electrons. The van der Waals surface area contributed by atoms with Gasteiger partial charge in [-0.1, -0.05) is 55.3 Å². The number of likely N-dealkylation sites (tertiary alicyclic amines) is 1. The molecular formula is C32H35F3N2O2. The highest BCUT2D eigenvalue weighted by atomic mass is 19.4. The van der Waals surface area contributed by atoms with Gasteiger partial charge in [0.1, 0.15) is 5.75 Å². The van der Waals surface area contributed by atoms with Gasteiger partial charge in [-0.15, -0.1) is 0 Å². The number of alkyl halides is 3. The second-order valence-electron chi connectivity index (χ2n) is 10.6. The lowest BCUT2D eigenvalue weighted by atomic mass is 9.78. The Morgan fingerprint density at radius 1 is 0.872 bits per heavy atom. The molecule has 3 aromatic rings. The van der Waals surface area contributed by atoms with Gasteiger partial charge in [0.2, 0.25) is 0 Å². The van der Waals surface area contributed by atoms with Crippen LogP contribution in [0.1, 0.15) is 65.9 Å². The Bertz CT molecular complexity index is 1260. The number of ether oxygens (including phenoxy) is 1. The molecule has 5 rings (SSSR count). The zero-order valence-electron chi connectivity index (χ0n) is 22.2. The molecule has 1 saturated carbocycles. The fourth-order valence-electron chi connectivity index (χ4n) is 6.33. The molecule has 2 atom stereocenters. The molecule has 0 bridgehead atoms. The number of rotatable bonds is 6. The summed E-state index contributed by atoms with van der Waals surface area (Å²) < 4.78 is 45.7. The molecule has 206 valence electrons. The van der Waals surface area contributed by atoms with Crippen molar-refractivity contribution in [3.8, 4) is 5.75 Å². The van der Waals surface area contributed by atoms with E-state index in [0.29, 0.717) is 23.4 Å². The summed E-state index contributed by atoms with van der Waals surface area (Å²) >= 11 is 0. The van der Waals surface area contributed by atoms with E-state index >= 15 is 0 Å². The molecule has 0 aromatic heterocycles. The topological polar surface area (TPSA) is 32.8 Å². The SMILES string of the molecule is COc1cccc(N(C(=O)c2cccc(C(F)(F)F)c2)C2CCN(C3CCCCC3c3ccccc3)CC2)c1. The Balaban J connectivity index is 1.39. The molecule has 0 spiro atoms. The number of nitrogens with zero attached hydrogens (tertiary/aromatic N) is 2. The van der Waals surface area contributed by atoms with Crippen molar-refractivity contribution in [2.75, 3.05) is 25.1 Å². The monoisotopic (exact) mass is 536 g/mol. The third kappa shape index (κ3) is 6.14. The van der Waals surface area contributed by atoms with Crippen molar-refractivity contribution in [2.45, 2.75) is 62.7 Å². The van der Waals surface area contributed by atoms with Crippen LogP contribution in [0.4, 0.5) is 18.9 Å². The number of hydrogen-bond donors (Lipinski definition) is 0. The predicted octanol–water partition coefficient (Wildman–Crippen LogP) is 7.55. The second-order valence-corrected chi connectivity index (χ2v) is 10.6. The first-order valence-corrected chi connectivity index (χ1v) is 13.8. The lowest BCUT2D eigenvalue weighted by Crippen LogP contribution is -2.51. The van der Waals surface area contributed by atoms with Gasteiger partial charge in [0.15, 0.2) is 0 Å². The van der Waals surface area contributed by atoms with Crippen LogP contribution >= 0.6 is 0 Å². The van der Waals surface area contributed by atoms with Crippen molar-refractivity contribution in [3.63, 3.8) is 0 Å². The first-order chi connectivity index (χ1) is 18.8. The first-order valence-electron chi connectivity index (χ1n) is 13.8. The van der Waals surface area contributed by atoms with Crippen LogP contribution in [0.3, 0.4) is 0 Å². The fraction of sp³-hybridized carbons (Fsp3) is 0.406. The van der Waals surface area contributed by atoms with E-state index in [9.17, 15) is 18.0 Å². The van der Waals surface area contributed by atoms with E-state index < -0.39 is 17.6 Å². The second kappa shape index (κ2) is 11.8. The van der Waals surface area contributed by atoms with Gasteiger partial charge in [0.05, 0.1) is 12.7 Å².